The molecule has 2 atom stereocenters. The summed E-state index contributed by atoms with van der Waals surface area (Å²) >= 11 is 5.75. The highest BCUT2D eigenvalue weighted by atomic mass is 35.5. The molecular formula is C19H18ClF3N2O2. The number of aliphatic carboxylic acids is 1. The van der Waals surface area contributed by atoms with Crippen LogP contribution in [0.3, 0.4) is 0 Å². The average molecular weight is 399 g/mol. The molecule has 3 rings (SSSR count). The van der Waals surface area contributed by atoms with Crippen LogP contribution in [0.1, 0.15) is 41.3 Å². The summed E-state index contributed by atoms with van der Waals surface area (Å²) in [5.74, 6) is -0.991. The maximum absolute atomic E-state index is 13.3. The first-order valence-electron chi connectivity index (χ1n) is 8.46. The van der Waals surface area contributed by atoms with Crippen LogP contribution in [0.5, 0.6) is 0 Å². The number of benzene rings is 1. The van der Waals surface area contributed by atoms with Gasteiger partial charge in [0.2, 0.25) is 0 Å². The Bertz CT molecular complexity index is 840. The minimum Gasteiger partial charge on any atom is -0.480 e. The number of alkyl halides is 3. The van der Waals surface area contributed by atoms with E-state index < -0.39 is 34.8 Å². The molecule has 0 amide bonds. The van der Waals surface area contributed by atoms with Gasteiger partial charge in [-0.25, -0.2) is 0 Å². The molecule has 2 unspecified atom stereocenters. The molecule has 1 aliphatic heterocycles. The van der Waals surface area contributed by atoms with Crippen molar-refractivity contribution in [1.82, 2.24) is 9.88 Å². The van der Waals surface area contributed by atoms with Crippen molar-refractivity contribution in [3.63, 3.8) is 0 Å². The number of carbonyl (C=O) groups is 1. The summed E-state index contributed by atoms with van der Waals surface area (Å²) in [5, 5.41) is 9.14. The zero-order chi connectivity index (χ0) is 19.8. The predicted molar refractivity (Wildman–Crippen MR) is 94.6 cm³/mol. The third kappa shape index (κ3) is 4.09. The van der Waals surface area contributed by atoms with Crippen LogP contribution in [0.4, 0.5) is 13.2 Å². The molecule has 4 nitrogen and oxygen atoms in total. The highest BCUT2D eigenvalue weighted by molar-refractivity contribution is 6.31. The minimum absolute atomic E-state index is 0.316. The number of nitrogens with zero attached hydrogens (tertiary/aromatic N) is 2. The van der Waals surface area contributed by atoms with Gasteiger partial charge in [-0.05, 0) is 49.1 Å². The van der Waals surface area contributed by atoms with Crippen LogP contribution in [0.25, 0.3) is 0 Å². The van der Waals surface area contributed by atoms with E-state index >= 15 is 0 Å². The number of aromatic nitrogens is 1. The van der Waals surface area contributed by atoms with Crippen LogP contribution in [0.2, 0.25) is 5.02 Å². The van der Waals surface area contributed by atoms with Crippen LogP contribution in [0.15, 0.2) is 36.5 Å². The first-order valence-corrected chi connectivity index (χ1v) is 8.84. The van der Waals surface area contributed by atoms with Gasteiger partial charge < -0.3 is 5.11 Å². The second-order valence-corrected chi connectivity index (χ2v) is 7.04. The van der Waals surface area contributed by atoms with E-state index in [1.54, 1.807) is 17.2 Å². The molecule has 27 heavy (non-hydrogen) atoms. The summed E-state index contributed by atoms with van der Waals surface area (Å²) in [6.07, 6.45) is -1.89. The third-order valence-corrected chi connectivity index (χ3v) is 5.07. The first kappa shape index (κ1) is 19.6. The maximum Gasteiger partial charge on any atom is 0.417 e. The van der Waals surface area contributed by atoms with Crippen molar-refractivity contribution in [2.75, 3.05) is 6.54 Å². The lowest BCUT2D eigenvalue weighted by molar-refractivity contribution is -0.143. The van der Waals surface area contributed by atoms with Gasteiger partial charge in [-0.3, -0.25) is 14.7 Å². The van der Waals surface area contributed by atoms with Crippen molar-refractivity contribution in [3.8, 4) is 0 Å². The maximum atomic E-state index is 13.3. The van der Waals surface area contributed by atoms with Crippen LogP contribution in [-0.2, 0) is 11.0 Å². The molecular weight excluding hydrogens is 381 g/mol. The topological polar surface area (TPSA) is 53.4 Å². The van der Waals surface area contributed by atoms with Crippen molar-refractivity contribution < 1.29 is 23.1 Å². The number of likely N-dealkylation sites (tertiary alicyclic amines) is 1. The third-order valence-electron chi connectivity index (χ3n) is 4.74. The lowest BCUT2D eigenvalue weighted by atomic mass is 9.97. The van der Waals surface area contributed by atoms with Crippen LogP contribution in [-0.4, -0.2) is 33.5 Å². The SMILES string of the molecule is Cc1ccc(C(c2ccc(Cl)c(C(F)(F)F)c2)N2CCCC2C(=O)O)nc1. The smallest absolute Gasteiger partial charge is 0.417 e. The molecule has 1 fully saturated rings. The van der Waals surface area contributed by atoms with Crippen molar-refractivity contribution in [2.24, 2.45) is 0 Å². The number of pyridine rings is 1. The quantitative estimate of drug-likeness (QED) is 0.811. The Morgan fingerprint density at radius 1 is 1.33 bits per heavy atom. The predicted octanol–water partition coefficient (Wildman–Crippen LogP) is 4.70. The van der Waals surface area contributed by atoms with Gasteiger partial charge in [0.25, 0.3) is 0 Å². The van der Waals surface area contributed by atoms with E-state index in [1.165, 1.54) is 12.1 Å². The molecule has 1 N–H and O–H groups in total. The molecule has 1 aromatic heterocycles. The molecule has 1 aliphatic rings. The number of aryl methyl sites for hydroxylation is 1. The lowest BCUT2D eigenvalue weighted by Crippen LogP contribution is -2.39. The fourth-order valence-corrected chi connectivity index (χ4v) is 3.69. The van der Waals surface area contributed by atoms with Gasteiger partial charge in [0.15, 0.2) is 0 Å². The summed E-state index contributed by atoms with van der Waals surface area (Å²) in [6, 6.07) is 5.75. The molecule has 0 aliphatic carbocycles. The second-order valence-electron chi connectivity index (χ2n) is 6.63. The first-order chi connectivity index (χ1) is 12.7. The summed E-state index contributed by atoms with van der Waals surface area (Å²) in [5.41, 5.74) is 0.783. The molecule has 0 spiro atoms. The lowest BCUT2D eigenvalue weighted by Gasteiger charge is -2.31. The van der Waals surface area contributed by atoms with E-state index in [9.17, 15) is 23.1 Å². The molecule has 1 saturated heterocycles. The van der Waals surface area contributed by atoms with E-state index in [1.807, 2.05) is 13.0 Å². The average Bonchev–Trinajstić information content (AvgIpc) is 3.07. The van der Waals surface area contributed by atoms with E-state index in [-0.39, 0.29) is 0 Å². The Labute approximate surface area is 159 Å². The van der Waals surface area contributed by atoms with Gasteiger partial charge in [0, 0.05) is 12.7 Å². The van der Waals surface area contributed by atoms with Gasteiger partial charge in [-0.2, -0.15) is 13.2 Å². The fraction of sp³-hybridized carbons (Fsp3) is 0.368. The molecule has 144 valence electrons. The number of carboxylic acid groups (broad SMARTS) is 1. The van der Waals surface area contributed by atoms with Crippen LogP contribution >= 0.6 is 11.6 Å². The minimum atomic E-state index is -4.60. The fourth-order valence-electron chi connectivity index (χ4n) is 3.47. The zero-order valence-electron chi connectivity index (χ0n) is 14.5. The van der Waals surface area contributed by atoms with Crippen LogP contribution in [0, 0.1) is 6.92 Å². The molecule has 0 radical (unpaired) electrons. The number of rotatable bonds is 4. The molecule has 0 saturated carbocycles. The Balaban J connectivity index is 2.13. The number of hydrogen-bond acceptors (Lipinski definition) is 3. The molecule has 1 aromatic carbocycles. The standard InChI is InChI=1S/C19H18ClF3N2O2/c1-11-4-7-15(24-10-11)17(25-8-2-3-16(25)18(26)27)12-5-6-14(20)13(9-12)19(21,22)23/h4-7,9-10,16-17H,2-3,8H2,1H3,(H,26,27). The number of halogens is 4. The van der Waals surface area contributed by atoms with E-state index in [0.717, 1.165) is 11.6 Å². The summed E-state index contributed by atoms with van der Waals surface area (Å²) in [4.78, 5) is 17.7. The van der Waals surface area contributed by atoms with E-state index in [4.69, 9.17) is 11.6 Å². The molecule has 2 heterocycles. The van der Waals surface area contributed by atoms with Gasteiger partial charge in [-0.1, -0.05) is 23.7 Å². The highest BCUT2D eigenvalue weighted by Crippen LogP contribution is 2.40. The van der Waals surface area contributed by atoms with Gasteiger partial charge >= 0.3 is 12.1 Å². The second kappa shape index (κ2) is 7.48. The monoisotopic (exact) mass is 398 g/mol. The van der Waals surface area contributed by atoms with Gasteiger partial charge in [0.05, 0.1) is 22.3 Å². The molecule has 2 aromatic rings. The Kier molecular flexibility index (Phi) is 5.44. The summed E-state index contributed by atoms with van der Waals surface area (Å²) in [6.45, 7) is 2.31. The largest absolute Gasteiger partial charge is 0.480 e. The number of carboxylic acids is 1. The summed E-state index contributed by atoms with van der Waals surface area (Å²) in [7, 11) is 0. The van der Waals surface area contributed by atoms with Crippen molar-refractivity contribution in [3.05, 3.63) is 63.9 Å². The van der Waals surface area contributed by atoms with Gasteiger partial charge in [-0.15, -0.1) is 0 Å². The highest BCUT2D eigenvalue weighted by Gasteiger charge is 2.39. The Morgan fingerprint density at radius 2 is 2.07 bits per heavy atom. The number of hydrogen-bond donors (Lipinski definition) is 1. The van der Waals surface area contributed by atoms with Crippen molar-refractivity contribution in [1.29, 1.82) is 0 Å². The van der Waals surface area contributed by atoms with Gasteiger partial charge in [0.1, 0.15) is 6.04 Å². The van der Waals surface area contributed by atoms with E-state index in [2.05, 4.69) is 4.98 Å². The molecule has 0 bridgehead atoms. The van der Waals surface area contributed by atoms with Crippen molar-refractivity contribution in [2.45, 2.75) is 38.0 Å². The summed E-state index contributed by atoms with van der Waals surface area (Å²) < 4.78 is 40.0. The molecule has 8 heteroatoms. The van der Waals surface area contributed by atoms with Crippen LogP contribution < -0.4 is 0 Å². The zero-order valence-corrected chi connectivity index (χ0v) is 15.3. The Hall–Kier alpha value is -2.12. The Morgan fingerprint density at radius 3 is 2.67 bits per heavy atom. The normalized spacial score (nSPS) is 19.2. The van der Waals surface area contributed by atoms with Crippen molar-refractivity contribution >= 4 is 17.6 Å². The van der Waals surface area contributed by atoms with E-state index in [0.29, 0.717) is 30.6 Å².